The maximum Gasteiger partial charge on any atom is 0.263 e. The Kier molecular flexibility index (Phi) is 4.97. The van der Waals surface area contributed by atoms with E-state index in [1.807, 2.05) is 0 Å². The maximum atomic E-state index is 13.6. The van der Waals surface area contributed by atoms with E-state index < -0.39 is 15.8 Å². The van der Waals surface area contributed by atoms with Crippen LogP contribution >= 0.6 is 15.9 Å². The Morgan fingerprint density at radius 2 is 1.90 bits per heavy atom. The van der Waals surface area contributed by atoms with Crippen LogP contribution in [0.4, 0.5) is 10.1 Å². The van der Waals surface area contributed by atoms with Gasteiger partial charge in [0.2, 0.25) is 0 Å². The standard InChI is InChI=1S/C14H14BrFN2O2S/c1-17-9-10-6-7-14(11(15)8-10)21(19,20)18-13-5-3-2-4-12(13)16/h2-8,17-18H,9H2,1H3. The minimum atomic E-state index is -3.86. The van der Waals surface area contributed by atoms with Crippen LogP contribution in [0, 0.1) is 5.82 Å². The molecule has 0 amide bonds. The van der Waals surface area contributed by atoms with Gasteiger partial charge in [-0.1, -0.05) is 18.2 Å². The van der Waals surface area contributed by atoms with Crippen molar-refractivity contribution in [2.75, 3.05) is 11.8 Å². The lowest BCUT2D eigenvalue weighted by Crippen LogP contribution is -2.15. The molecule has 0 fully saturated rings. The predicted octanol–water partition coefficient (Wildman–Crippen LogP) is 3.11. The van der Waals surface area contributed by atoms with Gasteiger partial charge in [0.15, 0.2) is 0 Å². The monoisotopic (exact) mass is 372 g/mol. The summed E-state index contributed by atoms with van der Waals surface area (Å²) in [5, 5.41) is 2.98. The summed E-state index contributed by atoms with van der Waals surface area (Å²) >= 11 is 3.24. The molecule has 0 heterocycles. The van der Waals surface area contributed by atoms with Crippen molar-refractivity contribution in [1.82, 2.24) is 5.32 Å². The molecular weight excluding hydrogens is 359 g/mol. The third-order valence-electron chi connectivity index (χ3n) is 2.78. The molecule has 2 N–H and O–H groups in total. The molecule has 0 spiro atoms. The second-order valence-corrected chi connectivity index (χ2v) is 6.89. The molecule has 2 aromatic rings. The van der Waals surface area contributed by atoms with E-state index >= 15 is 0 Å². The van der Waals surface area contributed by atoms with Crippen LogP contribution in [-0.2, 0) is 16.6 Å². The molecule has 0 saturated carbocycles. The minimum Gasteiger partial charge on any atom is -0.316 e. The molecule has 2 aromatic carbocycles. The van der Waals surface area contributed by atoms with Crippen LogP contribution in [0.2, 0.25) is 0 Å². The number of halogens is 2. The quantitative estimate of drug-likeness (QED) is 0.847. The van der Waals surface area contributed by atoms with Gasteiger partial charge < -0.3 is 5.32 Å². The Balaban J connectivity index is 2.34. The number of para-hydroxylation sites is 1. The van der Waals surface area contributed by atoms with Crippen LogP contribution in [0.1, 0.15) is 5.56 Å². The van der Waals surface area contributed by atoms with Gasteiger partial charge in [-0.15, -0.1) is 0 Å². The number of hydrogen-bond acceptors (Lipinski definition) is 3. The summed E-state index contributed by atoms with van der Waals surface area (Å²) in [5.74, 6) is -0.621. The van der Waals surface area contributed by atoms with Gasteiger partial charge in [0, 0.05) is 11.0 Å². The summed E-state index contributed by atoms with van der Waals surface area (Å²) in [6.45, 7) is 0.625. The van der Waals surface area contributed by atoms with Crippen LogP contribution in [0.5, 0.6) is 0 Å². The van der Waals surface area contributed by atoms with Crippen molar-refractivity contribution in [2.45, 2.75) is 11.4 Å². The predicted molar refractivity (Wildman–Crippen MR) is 84.1 cm³/mol. The first-order valence-corrected chi connectivity index (χ1v) is 8.42. The van der Waals surface area contributed by atoms with Crippen LogP contribution in [0.3, 0.4) is 0 Å². The number of rotatable bonds is 5. The lowest BCUT2D eigenvalue weighted by atomic mass is 10.2. The van der Waals surface area contributed by atoms with E-state index in [2.05, 4.69) is 26.0 Å². The van der Waals surface area contributed by atoms with E-state index in [-0.39, 0.29) is 10.6 Å². The molecule has 0 aliphatic heterocycles. The Morgan fingerprint density at radius 1 is 1.19 bits per heavy atom. The summed E-state index contributed by atoms with van der Waals surface area (Å²) < 4.78 is 40.9. The topological polar surface area (TPSA) is 58.2 Å². The summed E-state index contributed by atoms with van der Waals surface area (Å²) in [5.41, 5.74) is 0.859. The van der Waals surface area contributed by atoms with Crippen molar-refractivity contribution in [3.63, 3.8) is 0 Å². The van der Waals surface area contributed by atoms with Crippen LogP contribution in [-0.4, -0.2) is 15.5 Å². The lowest BCUT2D eigenvalue weighted by Gasteiger charge is -2.11. The highest BCUT2D eigenvalue weighted by Gasteiger charge is 2.19. The molecule has 4 nitrogen and oxygen atoms in total. The highest BCUT2D eigenvalue weighted by molar-refractivity contribution is 9.10. The second-order valence-electron chi connectivity index (χ2n) is 4.38. The zero-order chi connectivity index (χ0) is 15.5. The molecule has 0 unspecified atom stereocenters. The van der Waals surface area contributed by atoms with Gasteiger partial charge in [-0.25, -0.2) is 12.8 Å². The summed E-state index contributed by atoms with van der Waals surface area (Å²) in [4.78, 5) is 0.0607. The Hall–Kier alpha value is -1.44. The van der Waals surface area contributed by atoms with Gasteiger partial charge in [-0.3, -0.25) is 4.72 Å². The fraction of sp³-hybridized carbons (Fsp3) is 0.143. The molecule has 0 aromatic heterocycles. The van der Waals surface area contributed by atoms with Crippen molar-refractivity contribution in [2.24, 2.45) is 0 Å². The zero-order valence-electron chi connectivity index (χ0n) is 11.2. The molecule has 2 rings (SSSR count). The Labute approximate surface area is 131 Å². The highest BCUT2D eigenvalue weighted by atomic mass is 79.9. The molecule has 0 aliphatic carbocycles. The summed E-state index contributed by atoms with van der Waals surface area (Å²) in [6.07, 6.45) is 0. The van der Waals surface area contributed by atoms with Crippen molar-refractivity contribution in [3.05, 3.63) is 58.3 Å². The van der Waals surface area contributed by atoms with Gasteiger partial charge in [0.1, 0.15) is 10.7 Å². The van der Waals surface area contributed by atoms with Crippen molar-refractivity contribution < 1.29 is 12.8 Å². The number of benzene rings is 2. The second kappa shape index (κ2) is 6.55. The van der Waals surface area contributed by atoms with Crippen LogP contribution < -0.4 is 10.0 Å². The average molecular weight is 373 g/mol. The molecule has 112 valence electrons. The molecule has 0 atom stereocenters. The number of nitrogens with one attached hydrogen (secondary N) is 2. The SMILES string of the molecule is CNCc1ccc(S(=O)(=O)Nc2ccccc2F)c(Br)c1. The largest absolute Gasteiger partial charge is 0.316 e. The maximum absolute atomic E-state index is 13.6. The van der Waals surface area contributed by atoms with Crippen molar-refractivity contribution >= 4 is 31.6 Å². The van der Waals surface area contributed by atoms with Gasteiger partial charge in [-0.2, -0.15) is 0 Å². The Morgan fingerprint density at radius 3 is 2.52 bits per heavy atom. The van der Waals surface area contributed by atoms with E-state index in [1.165, 1.54) is 24.3 Å². The third-order valence-corrected chi connectivity index (χ3v) is 5.13. The van der Waals surface area contributed by atoms with Crippen molar-refractivity contribution in [1.29, 1.82) is 0 Å². The van der Waals surface area contributed by atoms with Crippen LogP contribution in [0.15, 0.2) is 51.8 Å². The fourth-order valence-corrected chi connectivity index (χ4v) is 4.01. The minimum absolute atomic E-state index is 0.0607. The van der Waals surface area contributed by atoms with E-state index in [9.17, 15) is 12.8 Å². The number of sulfonamides is 1. The van der Waals surface area contributed by atoms with Gasteiger partial charge in [0.05, 0.1) is 5.69 Å². The fourth-order valence-electron chi connectivity index (χ4n) is 1.82. The summed E-state index contributed by atoms with van der Waals surface area (Å²) in [7, 11) is -2.05. The smallest absolute Gasteiger partial charge is 0.263 e. The van der Waals surface area contributed by atoms with Crippen LogP contribution in [0.25, 0.3) is 0 Å². The first-order valence-electron chi connectivity index (χ1n) is 6.14. The zero-order valence-corrected chi connectivity index (χ0v) is 13.6. The molecule has 0 bridgehead atoms. The average Bonchev–Trinajstić information content (AvgIpc) is 2.41. The third kappa shape index (κ3) is 3.81. The Bertz CT molecular complexity index is 750. The number of anilines is 1. The molecule has 0 aliphatic rings. The first kappa shape index (κ1) is 15.9. The van der Waals surface area contributed by atoms with Gasteiger partial charge in [-0.05, 0) is 52.8 Å². The normalized spacial score (nSPS) is 11.4. The lowest BCUT2D eigenvalue weighted by molar-refractivity contribution is 0.598. The molecule has 21 heavy (non-hydrogen) atoms. The highest BCUT2D eigenvalue weighted by Crippen LogP contribution is 2.26. The summed E-state index contributed by atoms with van der Waals surface area (Å²) in [6, 6.07) is 10.5. The van der Waals surface area contributed by atoms with Crippen molar-refractivity contribution in [3.8, 4) is 0 Å². The molecule has 7 heteroatoms. The molecule has 0 radical (unpaired) electrons. The first-order chi connectivity index (χ1) is 9.94. The van der Waals surface area contributed by atoms with E-state index in [0.717, 1.165) is 5.56 Å². The van der Waals surface area contributed by atoms with E-state index in [1.54, 1.807) is 25.2 Å². The van der Waals surface area contributed by atoms with E-state index in [0.29, 0.717) is 11.0 Å². The van der Waals surface area contributed by atoms with Gasteiger partial charge >= 0.3 is 0 Å². The number of hydrogen-bond donors (Lipinski definition) is 2. The van der Waals surface area contributed by atoms with Gasteiger partial charge in [0.25, 0.3) is 10.0 Å². The molecular formula is C14H14BrFN2O2S. The van der Waals surface area contributed by atoms with E-state index in [4.69, 9.17) is 0 Å². The molecule has 0 saturated heterocycles.